The summed E-state index contributed by atoms with van der Waals surface area (Å²) in [6.07, 6.45) is 2.17. The summed E-state index contributed by atoms with van der Waals surface area (Å²) in [4.78, 5) is 0. The maximum absolute atomic E-state index is 7.07. The third-order valence-corrected chi connectivity index (χ3v) is 2.40. The highest BCUT2D eigenvalue weighted by atomic mass is 32.2. The van der Waals surface area contributed by atoms with Gasteiger partial charge in [0.25, 0.3) is 0 Å². The summed E-state index contributed by atoms with van der Waals surface area (Å²) in [5.41, 5.74) is 5.23. The molecule has 0 amide bonds. The van der Waals surface area contributed by atoms with E-state index in [-0.39, 0.29) is 5.17 Å². The summed E-state index contributed by atoms with van der Waals surface area (Å²) in [7, 11) is 0. The molecule has 1 aromatic rings. The normalized spacial score (nSPS) is 10.4. The summed E-state index contributed by atoms with van der Waals surface area (Å²) >= 11 is 1.23. The SMILES string of the molecule is CCCCn1nnnc1CSC(=N)N. The lowest BCUT2D eigenvalue weighted by Gasteiger charge is -2.01. The fourth-order valence-corrected chi connectivity index (χ4v) is 1.44. The van der Waals surface area contributed by atoms with Gasteiger partial charge in [0.1, 0.15) is 0 Å². The monoisotopic (exact) mass is 214 g/mol. The highest BCUT2D eigenvalue weighted by Gasteiger charge is 2.05. The van der Waals surface area contributed by atoms with Crippen LogP contribution in [0.4, 0.5) is 0 Å². The van der Waals surface area contributed by atoms with Crippen molar-refractivity contribution >= 4 is 16.9 Å². The molecule has 0 bridgehead atoms. The smallest absolute Gasteiger partial charge is 0.161 e. The number of nitrogens with zero attached hydrogens (tertiary/aromatic N) is 4. The van der Waals surface area contributed by atoms with Gasteiger partial charge in [0.15, 0.2) is 11.0 Å². The first-order valence-electron chi connectivity index (χ1n) is 4.46. The van der Waals surface area contributed by atoms with Crippen molar-refractivity contribution in [2.24, 2.45) is 5.73 Å². The van der Waals surface area contributed by atoms with E-state index in [1.54, 1.807) is 4.68 Å². The average molecular weight is 214 g/mol. The molecule has 0 radical (unpaired) electrons. The van der Waals surface area contributed by atoms with E-state index < -0.39 is 0 Å². The molecule has 3 N–H and O–H groups in total. The molecule has 78 valence electrons. The summed E-state index contributed by atoms with van der Waals surface area (Å²) in [6.45, 7) is 2.95. The van der Waals surface area contributed by atoms with Gasteiger partial charge >= 0.3 is 0 Å². The van der Waals surface area contributed by atoms with Crippen LogP contribution in [0.15, 0.2) is 0 Å². The minimum Gasteiger partial charge on any atom is -0.379 e. The highest BCUT2D eigenvalue weighted by Crippen LogP contribution is 2.08. The zero-order valence-corrected chi connectivity index (χ0v) is 8.92. The standard InChI is InChI=1S/C7H14N6S/c1-2-3-4-13-6(10-11-12-13)5-14-7(8)9/h2-5H2,1H3,(H3,8,9). The van der Waals surface area contributed by atoms with Gasteiger partial charge in [0.05, 0.1) is 5.75 Å². The Kier molecular flexibility index (Phi) is 4.37. The van der Waals surface area contributed by atoms with Crippen LogP contribution in [0.2, 0.25) is 0 Å². The molecule has 0 spiro atoms. The van der Waals surface area contributed by atoms with Crippen LogP contribution >= 0.6 is 11.8 Å². The molecule has 0 aliphatic rings. The molecule has 1 rings (SSSR count). The van der Waals surface area contributed by atoms with Crippen molar-refractivity contribution in [3.63, 3.8) is 0 Å². The number of nitrogens with one attached hydrogen (secondary N) is 1. The zero-order valence-electron chi connectivity index (χ0n) is 8.10. The van der Waals surface area contributed by atoms with Crippen LogP contribution in [0.25, 0.3) is 0 Å². The Morgan fingerprint density at radius 1 is 1.64 bits per heavy atom. The second kappa shape index (κ2) is 5.58. The summed E-state index contributed by atoms with van der Waals surface area (Å²) in [6, 6.07) is 0. The van der Waals surface area contributed by atoms with Crippen LogP contribution < -0.4 is 5.73 Å². The van der Waals surface area contributed by atoms with Crippen molar-refractivity contribution in [1.82, 2.24) is 20.2 Å². The number of rotatable bonds is 5. The van der Waals surface area contributed by atoms with E-state index in [1.807, 2.05) is 0 Å². The number of amidine groups is 1. The van der Waals surface area contributed by atoms with Gasteiger partial charge in [-0.1, -0.05) is 25.1 Å². The van der Waals surface area contributed by atoms with Crippen molar-refractivity contribution in [1.29, 1.82) is 5.41 Å². The van der Waals surface area contributed by atoms with E-state index in [0.29, 0.717) is 5.75 Å². The Morgan fingerprint density at radius 2 is 2.43 bits per heavy atom. The van der Waals surface area contributed by atoms with Crippen LogP contribution in [-0.2, 0) is 12.3 Å². The Bertz CT molecular complexity index is 296. The Morgan fingerprint density at radius 3 is 3.07 bits per heavy atom. The predicted octanol–water partition coefficient (Wildman–Crippen LogP) is 0.600. The maximum Gasteiger partial charge on any atom is 0.161 e. The molecule has 0 unspecified atom stereocenters. The second-order valence-electron chi connectivity index (χ2n) is 2.82. The van der Waals surface area contributed by atoms with Crippen LogP contribution in [0.5, 0.6) is 0 Å². The molecule has 6 nitrogen and oxygen atoms in total. The number of hydrogen-bond acceptors (Lipinski definition) is 5. The number of aryl methyl sites for hydroxylation is 1. The summed E-state index contributed by atoms with van der Waals surface area (Å²) in [5, 5.41) is 18.5. The van der Waals surface area contributed by atoms with E-state index >= 15 is 0 Å². The lowest BCUT2D eigenvalue weighted by molar-refractivity contribution is 0.540. The highest BCUT2D eigenvalue weighted by molar-refractivity contribution is 8.12. The first-order valence-corrected chi connectivity index (χ1v) is 5.44. The lowest BCUT2D eigenvalue weighted by Crippen LogP contribution is -2.08. The van der Waals surface area contributed by atoms with E-state index in [0.717, 1.165) is 25.2 Å². The molecule has 14 heavy (non-hydrogen) atoms. The number of hydrogen-bond donors (Lipinski definition) is 2. The molecule has 0 aliphatic carbocycles. The Hall–Kier alpha value is -1.11. The van der Waals surface area contributed by atoms with E-state index in [4.69, 9.17) is 11.1 Å². The van der Waals surface area contributed by atoms with Gasteiger partial charge in [-0.2, -0.15) is 0 Å². The van der Waals surface area contributed by atoms with Gasteiger partial charge < -0.3 is 5.73 Å². The molecule has 0 saturated heterocycles. The van der Waals surface area contributed by atoms with E-state index in [9.17, 15) is 0 Å². The van der Waals surface area contributed by atoms with Crippen molar-refractivity contribution in [2.75, 3.05) is 0 Å². The molecule has 1 aromatic heterocycles. The summed E-state index contributed by atoms with van der Waals surface area (Å²) in [5.74, 6) is 1.34. The van der Waals surface area contributed by atoms with Crippen molar-refractivity contribution in [2.45, 2.75) is 32.1 Å². The molecule has 7 heteroatoms. The fraction of sp³-hybridized carbons (Fsp3) is 0.714. The van der Waals surface area contributed by atoms with E-state index in [1.165, 1.54) is 11.8 Å². The zero-order chi connectivity index (χ0) is 10.4. The quantitative estimate of drug-likeness (QED) is 0.553. The number of tetrazole rings is 1. The third-order valence-electron chi connectivity index (χ3n) is 1.69. The van der Waals surface area contributed by atoms with E-state index in [2.05, 4.69) is 22.4 Å². The largest absolute Gasteiger partial charge is 0.379 e. The third kappa shape index (κ3) is 3.33. The molecule has 0 fully saturated rings. The van der Waals surface area contributed by atoms with Crippen molar-refractivity contribution < 1.29 is 0 Å². The van der Waals surface area contributed by atoms with Gasteiger partial charge in [-0.3, -0.25) is 5.41 Å². The van der Waals surface area contributed by atoms with Crippen LogP contribution in [0.3, 0.4) is 0 Å². The molecule has 0 aliphatic heterocycles. The summed E-state index contributed by atoms with van der Waals surface area (Å²) < 4.78 is 1.76. The first-order chi connectivity index (χ1) is 6.74. The molecule has 1 heterocycles. The molecule has 0 saturated carbocycles. The molecular formula is C7H14N6S. The van der Waals surface area contributed by atoms with Crippen LogP contribution in [-0.4, -0.2) is 25.4 Å². The molecular weight excluding hydrogens is 200 g/mol. The van der Waals surface area contributed by atoms with Gasteiger partial charge in [-0.05, 0) is 16.8 Å². The fourth-order valence-electron chi connectivity index (χ4n) is 0.950. The average Bonchev–Trinajstić information content (AvgIpc) is 2.58. The Labute approximate surface area is 86.8 Å². The maximum atomic E-state index is 7.07. The molecule has 0 atom stereocenters. The number of thioether (sulfide) groups is 1. The van der Waals surface area contributed by atoms with Crippen molar-refractivity contribution in [3.05, 3.63) is 5.82 Å². The minimum atomic E-state index is 0.0926. The van der Waals surface area contributed by atoms with Gasteiger partial charge in [0, 0.05) is 6.54 Å². The topological polar surface area (TPSA) is 93.5 Å². The lowest BCUT2D eigenvalue weighted by atomic mass is 10.3. The molecule has 0 aromatic carbocycles. The van der Waals surface area contributed by atoms with Gasteiger partial charge in [-0.25, -0.2) is 4.68 Å². The number of unbranched alkanes of at least 4 members (excludes halogenated alkanes) is 1. The van der Waals surface area contributed by atoms with Crippen molar-refractivity contribution in [3.8, 4) is 0 Å². The van der Waals surface area contributed by atoms with Crippen LogP contribution in [0, 0.1) is 5.41 Å². The van der Waals surface area contributed by atoms with Gasteiger partial charge in [-0.15, -0.1) is 5.10 Å². The minimum absolute atomic E-state index is 0.0926. The number of aromatic nitrogens is 4. The second-order valence-corrected chi connectivity index (χ2v) is 3.84. The van der Waals surface area contributed by atoms with Gasteiger partial charge in [0.2, 0.25) is 0 Å². The van der Waals surface area contributed by atoms with Crippen LogP contribution in [0.1, 0.15) is 25.6 Å². The Balaban J connectivity index is 2.49. The predicted molar refractivity (Wildman–Crippen MR) is 55.9 cm³/mol. The number of nitrogens with two attached hydrogens (primary N) is 1. The first kappa shape index (κ1) is 11.0.